The Morgan fingerprint density at radius 3 is 2.04 bits per heavy atom. The van der Waals surface area contributed by atoms with E-state index in [-0.39, 0.29) is 35.4 Å². The minimum absolute atomic E-state index is 0.0133. The lowest BCUT2D eigenvalue weighted by Gasteiger charge is -2.22. The molecule has 3 rings (SSSR count). The summed E-state index contributed by atoms with van der Waals surface area (Å²) in [6.07, 6.45) is 5.94. The molecule has 0 radical (unpaired) electrons. The van der Waals surface area contributed by atoms with Crippen molar-refractivity contribution in [2.45, 2.75) is 50.6 Å². The van der Waals surface area contributed by atoms with Gasteiger partial charge in [0.05, 0.1) is 11.5 Å². The zero-order chi connectivity index (χ0) is 17.9. The molecule has 1 aliphatic carbocycles. The van der Waals surface area contributed by atoms with Gasteiger partial charge in [0.15, 0.2) is 9.84 Å². The van der Waals surface area contributed by atoms with Crippen molar-refractivity contribution in [2.24, 2.45) is 0 Å². The summed E-state index contributed by atoms with van der Waals surface area (Å²) in [5.41, 5.74) is 0.831. The first-order valence-electron chi connectivity index (χ1n) is 8.85. The number of carbonyl (C=O) groups excluding carboxylic acids is 2. The highest BCUT2D eigenvalue weighted by Gasteiger charge is 2.29. The Balaban J connectivity index is 1.62. The molecule has 1 atom stereocenters. The Bertz CT molecular complexity index is 754. The van der Waals surface area contributed by atoms with E-state index in [1.54, 1.807) is 24.3 Å². The van der Waals surface area contributed by atoms with Crippen LogP contribution in [0.3, 0.4) is 0 Å². The Labute approximate surface area is 148 Å². The van der Waals surface area contributed by atoms with Gasteiger partial charge in [-0.05, 0) is 37.5 Å². The molecule has 2 fully saturated rings. The molecule has 1 aliphatic heterocycles. The predicted molar refractivity (Wildman–Crippen MR) is 95.3 cm³/mol. The monoisotopic (exact) mass is 364 g/mol. The first-order chi connectivity index (χ1) is 11.9. The van der Waals surface area contributed by atoms with Gasteiger partial charge in [0.2, 0.25) is 0 Å². The fraction of sp³-hybridized carbons (Fsp3) is 0.556. The van der Waals surface area contributed by atoms with Crippen LogP contribution in [0.1, 0.15) is 59.2 Å². The Morgan fingerprint density at radius 2 is 1.48 bits per heavy atom. The van der Waals surface area contributed by atoms with Gasteiger partial charge >= 0.3 is 0 Å². The van der Waals surface area contributed by atoms with Crippen molar-refractivity contribution < 1.29 is 18.0 Å². The number of hydrogen-bond donors (Lipinski definition) is 2. The lowest BCUT2D eigenvalue weighted by Crippen LogP contribution is -2.37. The average molecular weight is 364 g/mol. The van der Waals surface area contributed by atoms with Crippen LogP contribution < -0.4 is 10.6 Å². The number of rotatable bonds is 4. The number of carbonyl (C=O) groups is 2. The van der Waals surface area contributed by atoms with Gasteiger partial charge in [-0.25, -0.2) is 8.42 Å². The molecule has 2 amide bonds. The normalized spacial score (nSPS) is 23.1. The number of amides is 2. The van der Waals surface area contributed by atoms with E-state index >= 15 is 0 Å². The molecule has 7 heteroatoms. The van der Waals surface area contributed by atoms with Crippen LogP contribution in [0, 0.1) is 0 Å². The van der Waals surface area contributed by atoms with Crippen LogP contribution in [0.2, 0.25) is 0 Å². The SMILES string of the molecule is O=C(NC1CCCCC1)c1cccc(C(=O)NC2CCS(=O)(=O)C2)c1. The highest BCUT2D eigenvalue weighted by Crippen LogP contribution is 2.18. The summed E-state index contributed by atoms with van der Waals surface area (Å²) in [4.78, 5) is 24.7. The van der Waals surface area contributed by atoms with Gasteiger partial charge in [-0.2, -0.15) is 0 Å². The Kier molecular flexibility index (Phi) is 5.42. The van der Waals surface area contributed by atoms with Crippen molar-refractivity contribution in [3.8, 4) is 0 Å². The fourth-order valence-electron chi connectivity index (χ4n) is 3.49. The number of nitrogens with one attached hydrogen (secondary N) is 2. The minimum atomic E-state index is -3.04. The molecule has 1 aromatic rings. The second kappa shape index (κ2) is 7.56. The summed E-state index contributed by atoms with van der Waals surface area (Å²) in [6.45, 7) is 0. The van der Waals surface area contributed by atoms with Crippen LogP contribution in [0.5, 0.6) is 0 Å². The van der Waals surface area contributed by atoms with Crippen LogP contribution in [0.4, 0.5) is 0 Å². The maximum atomic E-state index is 12.4. The van der Waals surface area contributed by atoms with E-state index in [2.05, 4.69) is 10.6 Å². The molecular formula is C18H24N2O4S. The molecule has 1 heterocycles. The smallest absolute Gasteiger partial charge is 0.251 e. The van der Waals surface area contributed by atoms with Crippen LogP contribution in [-0.2, 0) is 9.84 Å². The molecule has 1 saturated carbocycles. The third-order valence-electron chi connectivity index (χ3n) is 4.89. The largest absolute Gasteiger partial charge is 0.349 e. The molecular weight excluding hydrogens is 340 g/mol. The van der Waals surface area contributed by atoms with Crippen molar-refractivity contribution in [3.05, 3.63) is 35.4 Å². The zero-order valence-electron chi connectivity index (χ0n) is 14.2. The lowest BCUT2D eigenvalue weighted by atomic mass is 9.95. The molecule has 2 aliphatic rings. The van der Waals surface area contributed by atoms with Gasteiger partial charge in [0.25, 0.3) is 11.8 Å². The molecule has 136 valence electrons. The van der Waals surface area contributed by atoms with Crippen LogP contribution in [-0.4, -0.2) is 43.8 Å². The summed E-state index contributed by atoms with van der Waals surface area (Å²) >= 11 is 0. The third kappa shape index (κ3) is 4.81. The molecule has 0 spiro atoms. The van der Waals surface area contributed by atoms with Gasteiger partial charge in [0, 0.05) is 23.2 Å². The van der Waals surface area contributed by atoms with E-state index < -0.39 is 9.84 Å². The van der Waals surface area contributed by atoms with Crippen molar-refractivity contribution in [2.75, 3.05) is 11.5 Å². The number of hydrogen-bond acceptors (Lipinski definition) is 4. The van der Waals surface area contributed by atoms with Gasteiger partial charge in [-0.15, -0.1) is 0 Å². The number of sulfone groups is 1. The van der Waals surface area contributed by atoms with E-state index in [9.17, 15) is 18.0 Å². The molecule has 1 saturated heterocycles. The summed E-state index contributed by atoms with van der Waals surface area (Å²) in [6, 6.07) is 6.43. The Morgan fingerprint density at radius 1 is 0.880 bits per heavy atom. The maximum Gasteiger partial charge on any atom is 0.251 e. The minimum Gasteiger partial charge on any atom is -0.349 e. The molecule has 6 nitrogen and oxygen atoms in total. The average Bonchev–Trinajstić information content (AvgIpc) is 2.94. The molecule has 1 aromatic carbocycles. The Hall–Kier alpha value is -1.89. The summed E-state index contributed by atoms with van der Waals surface area (Å²) in [7, 11) is -3.04. The molecule has 1 unspecified atom stereocenters. The highest BCUT2D eigenvalue weighted by atomic mass is 32.2. The standard InChI is InChI=1S/C18H24N2O4S/c21-17(19-15-7-2-1-3-8-15)13-5-4-6-14(11-13)18(22)20-16-9-10-25(23,24)12-16/h4-6,11,15-16H,1-3,7-10,12H2,(H,19,21)(H,20,22). The molecule has 2 N–H and O–H groups in total. The van der Waals surface area contributed by atoms with Crippen molar-refractivity contribution >= 4 is 21.7 Å². The second-order valence-electron chi connectivity index (χ2n) is 6.96. The van der Waals surface area contributed by atoms with Gasteiger partial charge in [-0.3, -0.25) is 9.59 Å². The van der Waals surface area contributed by atoms with Gasteiger partial charge in [0.1, 0.15) is 0 Å². The topological polar surface area (TPSA) is 92.3 Å². The van der Waals surface area contributed by atoms with E-state index in [4.69, 9.17) is 0 Å². The summed E-state index contributed by atoms with van der Waals surface area (Å²) in [5, 5.41) is 5.78. The fourth-order valence-corrected chi connectivity index (χ4v) is 5.17. The first kappa shape index (κ1) is 17.9. The quantitative estimate of drug-likeness (QED) is 0.850. The summed E-state index contributed by atoms with van der Waals surface area (Å²) in [5.74, 6) is -0.401. The number of benzene rings is 1. The van der Waals surface area contributed by atoms with Crippen LogP contribution >= 0.6 is 0 Å². The van der Waals surface area contributed by atoms with Crippen LogP contribution in [0.25, 0.3) is 0 Å². The lowest BCUT2D eigenvalue weighted by molar-refractivity contribution is 0.0927. The summed E-state index contributed by atoms with van der Waals surface area (Å²) < 4.78 is 23.0. The van der Waals surface area contributed by atoms with Crippen molar-refractivity contribution in [3.63, 3.8) is 0 Å². The van der Waals surface area contributed by atoms with E-state index in [1.165, 1.54) is 6.42 Å². The maximum absolute atomic E-state index is 12.4. The van der Waals surface area contributed by atoms with Gasteiger partial charge < -0.3 is 10.6 Å². The van der Waals surface area contributed by atoms with E-state index in [0.717, 1.165) is 25.7 Å². The molecule has 0 aromatic heterocycles. The van der Waals surface area contributed by atoms with E-state index in [0.29, 0.717) is 17.5 Å². The van der Waals surface area contributed by atoms with Crippen molar-refractivity contribution in [1.82, 2.24) is 10.6 Å². The molecule has 25 heavy (non-hydrogen) atoms. The highest BCUT2D eigenvalue weighted by molar-refractivity contribution is 7.91. The zero-order valence-corrected chi connectivity index (χ0v) is 15.0. The predicted octanol–water partition coefficient (Wildman–Crippen LogP) is 1.67. The van der Waals surface area contributed by atoms with Crippen LogP contribution in [0.15, 0.2) is 24.3 Å². The van der Waals surface area contributed by atoms with Gasteiger partial charge in [-0.1, -0.05) is 25.3 Å². The first-order valence-corrected chi connectivity index (χ1v) is 10.7. The van der Waals surface area contributed by atoms with Crippen molar-refractivity contribution in [1.29, 1.82) is 0 Å². The van der Waals surface area contributed by atoms with E-state index in [1.807, 2.05) is 0 Å². The second-order valence-corrected chi connectivity index (χ2v) is 9.19. The third-order valence-corrected chi connectivity index (χ3v) is 6.66. The molecule has 0 bridgehead atoms.